The van der Waals surface area contributed by atoms with Gasteiger partial charge in [0.05, 0.1) is 12.1 Å². The van der Waals surface area contributed by atoms with Gasteiger partial charge in [0.2, 0.25) is 0 Å². The average molecular weight is 344 g/mol. The second kappa shape index (κ2) is 8.39. The Morgan fingerprint density at radius 1 is 1.00 bits per heavy atom. The van der Waals surface area contributed by atoms with E-state index in [0.717, 1.165) is 5.56 Å². The first-order valence-electron chi connectivity index (χ1n) is 7.90. The van der Waals surface area contributed by atoms with Crippen molar-refractivity contribution < 1.29 is 18.7 Å². The molecule has 0 unspecified atom stereocenters. The molecule has 2 aromatic rings. The summed E-state index contributed by atoms with van der Waals surface area (Å²) in [5.41, 5.74) is 2.11. The lowest BCUT2D eigenvalue weighted by molar-refractivity contribution is -0.136. The van der Waals surface area contributed by atoms with Gasteiger partial charge >= 0.3 is 11.8 Å². The van der Waals surface area contributed by atoms with E-state index in [-0.39, 0.29) is 11.9 Å². The average Bonchev–Trinajstić information content (AvgIpc) is 2.61. The number of carbonyl (C=O) groups excluding carboxylic acids is 2. The van der Waals surface area contributed by atoms with E-state index < -0.39 is 17.9 Å². The van der Waals surface area contributed by atoms with Crippen LogP contribution in [0.3, 0.4) is 0 Å². The van der Waals surface area contributed by atoms with Gasteiger partial charge in [-0.25, -0.2) is 4.39 Å². The molecule has 2 aromatic carbocycles. The van der Waals surface area contributed by atoms with Crippen molar-refractivity contribution in [2.24, 2.45) is 0 Å². The van der Waals surface area contributed by atoms with Gasteiger partial charge in [-0.3, -0.25) is 9.59 Å². The van der Waals surface area contributed by atoms with Crippen LogP contribution in [0.5, 0.6) is 0 Å². The van der Waals surface area contributed by atoms with E-state index in [4.69, 9.17) is 4.74 Å². The summed E-state index contributed by atoms with van der Waals surface area (Å²) < 4.78 is 18.2. The molecule has 2 N–H and O–H groups in total. The number of benzene rings is 2. The van der Waals surface area contributed by atoms with Crippen molar-refractivity contribution in [1.29, 1.82) is 0 Å². The number of anilines is 1. The number of halogens is 1. The lowest BCUT2D eigenvalue weighted by atomic mass is 10.1. The van der Waals surface area contributed by atoms with Crippen LogP contribution in [0, 0.1) is 5.82 Å². The van der Waals surface area contributed by atoms with E-state index in [1.165, 1.54) is 12.1 Å². The second-order valence-electron chi connectivity index (χ2n) is 5.70. The molecule has 0 aliphatic rings. The van der Waals surface area contributed by atoms with E-state index >= 15 is 0 Å². The summed E-state index contributed by atoms with van der Waals surface area (Å²) >= 11 is 0. The molecule has 0 bridgehead atoms. The molecule has 6 heteroatoms. The Hall–Kier alpha value is -2.73. The number of hydrogen-bond donors (Lipinski definition) is 2. The number of amides is 2. The number of methoxy groups -OCH3 is 1. The lowest BCUT2D eigenvalue weighted by Crippen LogP contribution is -2.36. The van der Waals surface area contributed by atoms with E-state index in [0.29, 0.717) is 11.3 Å². The number of rotatable bonds is 5. The molecule has 0 aliphatic carbocycles. The fourth-order valence-electron chi connectivity index (χ4n) is 2.29. The van der Waals surface area contributed by atoms with Crippen LogP contribution >= 0.6 is 0 Å². The van der Waals surface area contributed by atoms with Crippen LogP contribution in [0.4, 0.5) is 10.1 Å². The van der Waals surface area contributed by atoms with Crippen molar-refractivity contribution in [3.05, 3.63) is 65.5 Å². The first-order chi connectivity index (χ1) is 11.9. The normalized spacial score (nSPS) is 13.0. The summed E-state index contributed by atoms with van der Waals surface area (Å²) in [5.74, 6) is -1.89. The van der Waals surface area contributed by atoms with E-state index in [1.807, 2.05) is 13.0 Å². The molecule has 2 amide bonds. The van der Waals surface area contributed by atoms with Crippen LogP contribution in [-0.2, 0) is 14.3 Å². The molecular formula is C19H21FN2O3. The molecule has 0 heterocycles. The van der Waals surface area contributed by atoms with Gasteiger partial charge in [0.25, 0.3) is 0 Å². The third-order valence-corrected chi connectivity index (χ3v) is 3.89. The summed E-state index contributed by atoms with van der Waals surface area (Å²) in [6, 6.07) is 12.4. The summed E-state index contributed by atoms with van der Waals surface area (Å²) in [7, 11) is 1.60. The fraction of sp³-hybridized carbons (Fsp3) is 0.263. The van der Waals surface area contributed by atoms with Crippen LogP contribution < -0.4 is 10.6 Å². The molecule has 25 heavy (non-hydrogen) atoms. The van der Waals surface area contributed by atoms with Gasteiger partial charge in [0.15, 0.2) is 0 Å². The Bertz CT molecular complexity index is 747. The van der Waals surface area contributed by atoms with Crippen molar-refractivity contribution in [1.82, 2.24) is 5.32 Å². The summed E-state index contributed by atoms with van der Waals surface area (Å²) in [4.78, 5) is 24.1. The Balaban J connectivity index is 1.98. The van der Waals surface area contributed by atoms with Gasteiger partial charge in [-0.1, -0.05) is 24.3 Å². The molecule has 0 saturated heterocycles. The molecule has 0 fully saturated rings. The van der Waals surface area contributed by atoms with Gasteiger partial charge < -0.3 is 15.4 Å². The molecular weight excluding hydrogens is 323 g/mol. The SMILES string of the molecule is CO[C@@H](C)c1cccc(NC(=O)C(=O)N[C@H](C)c2ccc(F)cc2)c1. The first kappa shape index (κ1) is 18.6. The summed E-state index contributed by atoms with van der Waals surface area (Å²) in [6.45, 7) is 3.61. The van der Waals surface area contributed by atoms with Crippen molar-refractivity contribution >= 4 is 17.5 Å². The predicted molar refractivity (Wildman–Crippen MR) is 93.5 cm³/mol. The number of hydrogen-bond acceptors (Lipinski definition) is 3. The highest BCUT2D eigenvalue weighted by molar-refractivity contribution is 6.39. The third-order valence-electron chi connectivity index (χ3n) is 3.89. The van der Waals surface area contributed by atoms with Gasteiger partial charge in [0.1, 0.15) is 5.82 Å². The maximum atomic E-state index is 12.9. The quantitative estimate of drug-likeness (QED) is 0.818. The van der Waals surface area contributed by atoms with Gasteiger partial charge in [0, 0.05) is 12.8 Å². The third kappa shape index (κ3) is 5.12. The molecule has 2 rings (SSSR count). The van der Waals surface area contributed by atoms with Crippen LogP contribution in [0.2, 0.25) is 0 Å². The topological polar surface area (TPSA) is 67.4 Å². The zero-order chi connectivity index (χ0) is 18.4. The van der Waals surface area contributed by atoms with Crippen molar-refractivity contribution in [3.8, 4) is 0 Å². The largest absolute Gasteiger partial charge is 0.377 e. The minimum absolute atomic E-state index is 0.121. The molecule has 0 spiro atoms. The van der Waals surface area contributed by atoms with Crippen LogP contribution in [-0.4, -0.2) is 18.9 Å². The van der Waals surface area contributed by atoms with Crippen molar-refractivity contribution in [2.75, 3.05) is 12.4 Å². The van der Waals surface area contributed by atoms with Crippen LogP contribution in [0.15, 0.2) is 48.5 Å². The molecule has 0 radical (unpaired) electrons. The molecule has 0 aliphatic heterocycles. The number of ether oxygens (including phenoxy) is 1. The van der Waals surface area contributed by atoms with E-state index in [1.54, 1.807) is 44.4 Å². The summed E-state index contributed by atoms with van der Waals surface area (Å²) in [5, 5.41) is 5.15. The Kier molecular flexibility index (Phi) is 6.25. The zero-order valence-electron chi connectivity index (χ0n) is 14.4. The van der Waals surface area contributed by atoms with Crippen molar-refractivity contribution in [2.45, 2.75) is 26.0 Å². The molecule has 0 saturated carbocycles. The minimum atomic E-state index is -0.767. The van der Waals surface area contributed by atoms with Crippen LogP contribution in [0.25, 0.3) is 0 Å². The number of nitrogens with one attached hydrogen (secondary N) is 2. The Labute approximate surface area is 146 Å². The smallest absolute Gasteiger partial charge is 0.313 e. The molecule has 5 nitrogen and oxygen atoms in total. The maximum absolute atomic E-state index is 12.9. The van der Waals surface area contributed by atoms with Gasteiger partial charge in [-0.2, -0.15) is 0 Å². The molecule has 132 valence electrons. The highest BCUT2D eigenvalue weighted by Crippen LogP contribution is 2.19. The van der Waals surface area contributed by atoms with Crippen LogP contribution in [0.1, 0.15) is 37.1 Å². The van der Waals surface area contributed by atoms with Gasteiger partial charge in [-0.05, 0) is 49.2 Å². The highest BCUT2D eigenvalue weighted by atomic mass is 19.1. The lowest BCUT2D eigenvalue weighted by Gasteiger charge is -2.15. The van der Waals surface area contributed by atoms with Gasteiger partial charge in [-0.15, -0.1) is 0 Å². The van der Waals surface area contributed by atoms with Crippen molar-refractivity contribution in [3.63, 3.8) is 0 Å². The maximum Gasteiger partial charge on any atom is 0.313 e. The van der Waals surface area contributed by atoms with E-state index in [9.17, 15) is 14.0 Å². The van der Waals surface area contributed by atoms with E-state index in [2.05, 4.69) is 10.6 Å². The molecule has 0 aromatic heterocycles. The fourth-order valence-corrected chi connectivity index (χ4v) is 2.29. The Morgan fingerprint density at radius 3 is 2.32 bits per heavy atom. The summed E-state index contributed by atoms with van der Waals surface area (Å²) in [6.07, 6.45) is -0.121. The first-order valence-corrected chi connectivity index (χ1v) is 7.90. The second-order valence-corrected chi connectivity index (χ2v) is 5.70. The zero-order valence-corrected chi connectivity index (χ0v) is 14.4. The highest BCUT2D eigenvalue weighted by Gasteiger charge is 2.17. The minimum Gasteiger partial charge on any atom is -0.377 e. The predicted octanol–water partition coefficient (Wildman–Crippen LogP) is 3.35. The standard InChI is InChI=1S/C19H21FN2O3/c1-12(14-7-9-16(20)10-8-14)21-18(23)19(24)22-17-6-4-5-15(11-17)13(2)25-3/h4-13H,1-3H3,(H,21,23)(H,22,24)/t12-,13+/m1/s1. The molecule has 2 atom stereocenters. The monoisotopic (exact) mass is 344 g/mol. The number of carbonyl (C=O) groups is 2. The Morgan fingerprint density at radius 2 is 1.68 bits per heavy atom.